The molecular weight excluding hydrogens is 170 g/mol. The smallest absolute Gasteiger partial charge is 0.00430 e. The minimum atomic E-state index is 0.739. The Morgan fingerprint density at radius 1 is 1.29 bits per heavy atom. The van der Waals surface area contributed by atoms with Crippen LogP contribution in [0, 0.1) is 5.92 Å². The van der Waals surface area contributed by atoms with Gasteiger partial charge in [-0.1, -0.05) is 31.2 Å². The fourth-order valence-electron chi connectivity index (χ4n) is 2.48. The topological polar surface area (TPSA) is 26.0 Å². The molecule has 1 heteroatoms. The van der Waals surface area contributed by atoms with Crippen LogP contribution in [-0.2, 0) is 6.42 Å². The zero-order chi connectivity index (χ0) is 9.97. The molecule has 0 saturated heterocycles. The Morgan fingerprint density at radius 2 is 2.07 bits per heavy atom. The average Bonchev–Trinajstić information content (AvgIpc) is 2.18. The van der Waals surface area contributed by atoms with Crippen LogP contribution < -0.4 is 5.73 Å². The van der Waals surface area contributed by atoms with Gasteiger partial charge in [0.2, 0.25) is 0 Å². The molecule has 1 aromatic carbocycles. The molecule has 2 N–H and O–H groups in total. The molecule has 14 heavy (non-hydrogen) atoms. The van der Waals surface area contributed by atoms with Gasteiger partial charge in [-0.3, -0.25) is 0 Å². The third kappa shape index (κ3) is 1.57. The van der Waals surface area contributed by atoms with Gasteiger partial charge in [0.1, 0.15) is 0 Å². The SMILES string of the molecule is CCc1ccccc1C1CCC1CN. The van der Waals surface area contributed by atoms with E-state index in [1.165, 1.54) is 18.4 Å². The summed E-state index contributed by atoms with van der Waals surface area (Å²) < 4.78 is 0. The minimum absolute atomic E-state index is 0.739. The average molecular weight is 189 g/mol. The van der Waals surface area contributed by atoms with E-state index in [1.54, 1.807) is 5.56 Å². The molecule has 0 aromatic heterocycles. The molecule has 1 aromatic rings. The van der Waals surface area contributed by atoms with Crippen LogP contribution in [-0.4, -0.2) is 6.54 Å². The van der Waals surface area contributed by atoms with E-state index in [0.717, 1.165) is 24.8 Å². The van der Waals surface area contributed by atoms with Crippen molar-refractivity contribution in [3.63, 3.8) is 0 Å². The van der Waals surface area contributed by atoms with Crippen molar-refractivity contribution >= 4 is 0 Å². The second-order valence-corrected chi connectivity index (χ2v) is 4.23. The fourth-order valence-corrected chi connectivity index (χ4v) is 2.48. The second-order valence-electron chi connectivity index (χ2n) is 4.23. The highest BCUT2D eigenvalue weighted by Gasteiger charge is 2.31. The Balaban J connectivity index is 2.22. The van der Waals surface area contributed by atoms with Crippen molar-refractivity contribution in [3.05, 3.63) is 35.4 Å². The van der Waals surface area contributed by atoms with Crippen molar-refractivity contribution < 1.29 is 0 Å². The lowest BCUT2D eigenvalue weighted by molar-refractivity contribution is 0.262. The number of rotatable bonds is 3. The van der Waals surface area contributed by atoms with Crippen molar-refractivity contribution in [2.75, 3.05) is 6.54 Å². The summed E-state index contributed by atoms with van der Waals surface area (Å²) in [4.78, 5) is 0. The van der Waals surface area contributed by atoms with E-state index < -0.39 is 0 Å². The van der Waals surface area contributed by atoms with Gasteiger partial charge in [0.05, 0.1) is 0 Å². The van der Waals surface area contributed by atoms with E-state index in [1.807, 2.05) is 0 Å². The third-order valence-corrected chi connectivity index (χ3v) is 3.56. The molecular formula is C13H19N. The minimum Gasteiger partial charge on any atom is -0.330 e. The molecule has 0 aliphatic heterocycles. The van der Waals surface area contributed by atoms with Crippen molar-refractivity contribution in [1.82, 2.24) is 0 Å². The normalized spacial score (nSPS) is 25.9. The molecule has 76 valence electrons. The lowest BCUT2D eigenvalue weighted by Gasteiger charge is -2.37. The Labute approximate surface area is 86.3 Å². The van der Waals surface area contributed by atoms with Crippen molar-refractivity contribution in [3.8, 4) is 0 Å². The molecule has 0 heterocycles. The van der Waals surface area contributed by atoms with Crippen molar-refractivity contribution in [2.24, 2.45) is 11.7 Å². The van der Waals surface area contributed by atoms with Crippen LogP contribution >= 0.6 is 0 Å². The molecule has 2 unspecified atom stereocenters. The van der Waals surface area contributed by atoms with Gasteiger partial charge in [-0.05, 0) is 48.8 Å². The summed E-state index contributed by atoms with van der Waals surface area (Å²) in [5, 5.41) is 0. The molecule has 0 radical (unpaired) electrons. The monoisotopic (exact) mass is 189 g/mol. The van der Waals surface area contributed by atoms with E-state index in [4.69, 9.17) is 5.73 Å². The number of benzene rings is 1. The van der Waals surface area contributed by atoms with Crippen LogP contribution in [0.3, 0.4) is 0 Å². The van der Waals surface area contributed by atoms with Crippen molar-refractivity contribution in [1.29, 1.82) is 0 Å². The van der Waals surface area contributed by atoms with Gasteiger partial charge in [-0.2, -0.15) is 0 Å². The lowest BCUT2D eigenvalue weighted by Crippen LogP contribution is -2.31. The maximum atomic E-state index is 5.75. The number of aryl methyl sites for hydroxylation is 1. The molecule has 2 rings (SSSR count). The van der Waals surface area contributed by atoms with Gasteiger partial charge in [-0.25, -0.2) is 0 Å². The second kappa shape index (κ2) is 4.14. The summed E-state index contributed by atoms with van der Waals surface area (Å²) in [6, 6.07) is 8.82. The Bertz CT molecular complexity index is 304. The predicted octanol–water partition coefficient (Wildman–Crippen LogP) is 2.70. The first-order chi connectivity index (χ1) is 6.86. The zero-order valence-corrected chi connectivity index (χ0v) is 8.87. The van der Waals surface area contributed by atoms with Crippen LogP contribution in [0.25, 0.3) is 0 Å². The maximum Gasteiger partial charge on any atom is -0.00430 e. The predicted molar refractivity (Wildman–Crippen MR) is 60.3 cm³/mol. The third-order valence-electron chi connectivity index (χ3n) is 3.56. The Kier molecular flexibility index (Phi) is 2.87. The van der Waals surface area contributed by atoms with Crippen molar-refractivity contribution in [2.45, 2.75) is 32.1 Å². The van der Waals surface area contributed by atoms with Gasteiger partial charge < -0.3 is 5.73 Å². The summed E-state index contributed by atoms with van der Waals surface area (Å²) in [6.07, 6.45) is 3.79. The molecule has 2 atom stereocenters. The van der Waals surface area contributed by atoms with Crippen LogP contribution in [0.4, 0.5) is 0 Å². The van der Waals surface area contributed by atoms with E-state index in [0.29, 0.717) is 0 Å². The standard InChI is InChI=1S/C13H19N/c1-2-10-5-3-4-6-12(10)13-8-7-11(13)9-14/h3-6,11,13H,2,7-9,14H2,1H3. The molecule has 1 fully saturated rings. The van der Waals surface area contributed by atoms with Gasteiger partial charge >= 0.3 is 0 Å². The lowest BCUT2D eigenvalue weighted by atomic mass is 9.69. The summed E-state index contributed by atoms with van der Waals surface area (Å²) in [7, 11) is 0. The van der Waals surface area contributed by atoms with E-state index in [-0.39, 0.29) is 0 Å². The van der Waals surface area contributed by atoms with E-state index in [9.17, 15) is 0 Å². The van der Waals surface area contributed by atoms with Gasteiger partial charge in [0.15, 0.2) is 0 Å². The van der Waals surface area contributed by atoms with Crippen LogP contribution in [0.2, 0.25) is 0 Å². The highest BCUT2D eigenvalue weighted by atomic mass is 14.6. The molecule has 0 amide bonds. The fraction of sp³-hybridized carbons (Fsp3) is 0.538. The number of nitrogens with two attached hydrogens (primary N) is 1. The Hall–Kier alpha value is -0.820. The Morgan fingerprint density at radius 3 is 2.64 bits per heavy atom. The van der Waals surface area contributed by atoms with Crippen LogP contribution in [0.15, 0.2) is 24.3 Å². The van der Waals surface area contributed by atoms with Crippen LogP contribution in [0.1, 0.15) is 36.8 Å². The van der Waals surface area contributed by atoms with Gasteiger partial charge in [-0.15, -0.1) is 0 Å². The molecule has 0 spiro atoms. The first-order valence-electron chi connectivity index (χ1n) is 5.64. The largest absolute Gasteiger partial charge is 0.330 e. The number of hydrogen-bond donors (Lipinski definition) is 1. The zero-order valence-electron chi connectivity index (χ0n) is 8.87. The molecule has 1 saturated carbocycles. The first-order valence-corrected chi connectivity index (χ1v) is 5.64. The summed E-state index contributed by atoms with van der Waals surface area (Å²) in [5.41, 5.74) is 8.82. The molecule has 1 aliphatic carbocycles. The van der Waals surface area contributed by atoms with E-state index >= 15 is 0 Å². The maximum absolute atomic E-state index is 5.75. The first kappa shape index (κ1) is 9.72. The highest BCUT2D eigenvalue weighted by Crippen LogP contribution is 2.42. The van der Waals surface area contributed by atoms with Gasteiger partial charge in [0, 0.05) is 0 Å². The number of hydrogen-bond acceptors (Lipinski definition) is 1. The summed E-state index contributed by atoms with van der Waals surface area (Å²) >= 11 is 0. The molecule has 1 nitrogen and oxygen atoms in total. The summed E-state index contributed by atoms with van der Waals surface area (Å²) in [6.45, 7) is 3.08. The molecule has 1 aliphatic rings. The molecule has 0 bridgehead atoms. The van der Waals surface area contributed by atoms with Gasteiger partial charge in [0.25, 0.3) is 0 Å². The quantitative estimate of drug-likeness (QED) is 0.777. The van der Waals surface area contributed by atoms with Crippen LogP contribution in [0.5, 0.6) is 0 Å². The summed E-state index contributed by atoms with van der Waals surface area (Å²) in [5.74, 6) is 1.49. The van der Waals surface area contributed by atoms with E-state index in [2.05, 4.69) is 31.2 Å². The highest BCUT2D eigenvalue weighted by molar-refractivity contribution is 5.32.